The minimum Gasteiger partial charge on any atom is -0.333 e. The highest BCUT2D eigenvalue weighted by molar-refractivity contribution is 5.90. The minimum atomic E-state index is -0.110. The van der Waals surface area contributed by atoms with Crippen LogP contribution >= 0.6 is 0 Å². The molecule has 1 amide bonds. The number of aromatic nitrogens is 3. The van der Waals surface area contributed by atoms with E-state index in [2.05, 4.69) is 36.0 Å². The van der Waals surface area contributed by atoms with E-state index < -0.39 is 0 Å². The second-order valence-corrected chi connectivity index (χ2v) is 7.51. The number of hydrogen-bond acceptors (Lipinski definition) is 3. The maximum Gasteiger partial charge on any atom is 0.293 e. The third kappa shape index (κ3) is 2.83. The largest absolute Gasteiger partial charge is 0.333 e. The smallest absolute Gasteiger partial charge is 0.293 e. The molecule has 116 valence electrons. The summed E-state index contributed by atoms with van der Waals surface area (Å²) in [7, 11) is 0. The van der Waals surface area contributed by atoms with Gasteiger partial charge in [0.15, 0.2) is 0 Å². The third-order valence-corrected chi connectivity index (χ3v) is 4.89. The molecule has 0 aromatic carbocycles. The maximum atomic E-state index is 12.7. The number of likely N-dealkylation sites (tertiary alicyclic amines) is 1. The van der Waals surface area contributed by atoms with Gasteiger partial charge in [-0.1, -0.05) is 33.6 Å². The average Bonchev–Trinajstić information content (AvgIpc) is 3.16. The van der Waals surface area contributed by atoms with Crippen LogP contribution in [0, 0.1) is 5.92 Å². The molecule has 2 heterocycles. The Balaban J connectivity index is 1.76. The molecule has 1 aromatic rings. The van der Waals surface area contributed by atoms with Crippen LogP contribution in [0.25, 0.3) is 0 Å². The van der Waals surface area contributed by atoms with Crippen molar-refractivity contribution in [3.05, 3.63) is 11.6 Å². The van der Waals surface area contributed by atoms with E-state index in [9.17, 15) is 4.79 Å². The number of nitrogens with one attached hydrogen (secondary N) is 1. The van der Waals surface area contributed by atoms with Crippen molar-refractivity contribution >= 4 is 5.91 Å². The van der Waals surface area contributed by atoms with E-state index in [0.717, 1.165) is 25.2 Å². The summed E-state index contributed by atoms with van der Waals surface area (Å²) in [6.07, 6.45) is 7.44. The SMILES string of the molecule is CC(C)(C)c1nc(C(=O)N2CCCC2C2CCCC2)n[nH]1. The zero-order chi connectivity index (χ0) is 15.0. The fourth-order valence-corrected chi connectivity index (χ4v) is 3.70. The van der Waals surface area contributed by atoms with Gasteiger partial charge in [0.2, 0.25) is 5.82 Å². The molecule has 0 bridgehead atoms. The first-order valence-electron chi connectivity index (χ1n) is 8.20. The van der Waals surface area contributed by atoms with Crippen molar-refractivity contribution in [2.75, 3.05) is 6.54 Å². The number of amides is 1. The fraction of sp³-hybridized carbons (Fsp3) is 0.812. The van der Waals surface area contributed by atoms with Gasteiger partial charge in [-0.3, -0.25) is 9.89 Å². The van der Waals surface area contributed by atoms with Crippen LogP contribution in [0.4, 0.5) is 0 Å². The van der Waals surface area contributed by atoms with E-state index in [1.165, 1.54) is 25.7 Å². The zero-order valence-electron chi connectivity index (χ0n) is 13.4. The molecule has 0 radical (unpaired) electrons. The summed E-state index contributed by atoms with van der Waals surface area (Å²) in [6.45, 7) is 7.07. The van der Waals surface area contributed by atoms with Crippen LogP contribution in [-0.2, 0) is 5.41 Å². The van der Waals surface area contributed by atoms with Gasteiger partial charge in [0.25, 0.3) is 5.91 Å². The molecule has 3 rings (SSSR count). The quantitative estimate of drug-likeness (QED) is 0.911. The molecule has 1 aromatic heterocycles. The first kappa shape index (κ1) is 14.5. The Morgan fingerprint density at radius 2 is 1.90 bits per heavy atom. The summed E-state index contributed by atoms with van der Waals surface area (Å²) in [4.78, 5) is 19.2. The van der Waals surface area contributed by atoms with Gasteiger partial charge in [-0.15, -0.1) is 5.10 Å². The number of aromatic amines is 1. The molecule has 2 fully saturated rings. The molecule has 21 heavy (non-hydrogen) atoms. The number of nitrogens with zero attached hydrogens (tertiary/aromatic N) is 3. The van der Waals surface area contributed by atoms with Crippen molar-refractivity contribution in [2.24, 2.45) is 5.92 Å². The van der Waals surface area contributed by atoms with Crippen molar-refractivity contribution in [3.63, 3.8) is 0 Å². The molecular formula is C16H26N4O. The van der Waals surface area contributed by atoms with E-state index in [1.807, 2.05) is 4.90 Å². The molecule has 1 saturated carbocycles. The van der Waals surface area contributed by atoms with Crippen LogP contribution in [0.2, 0.25) is 0 Å². The lowest BCUT2D eigenvalue weighted by Crippen LogP contribution is -2.40. The van der Waals surface area contributed by atoms with Gasteiger partial charge in [-0.05, 0) is 31.6 Å². The van der Waals surface area contributed by atoms with Gasteiger partial charge in [0.05, 0.1) is 0 Å². The molecule has 1 N–H and O–H groups in total. The predicted octanol–water partition coefficient (Wildman–Crippen LogP) is 2.90. The number of H-pyrrole nitrogens is 1. The fourth-order valence-electron chi connectivity index (χ4n) is 3.70. The Morgan fingerprint density at radius 1 is 1.19 bits per heavy atom. The molecule has 0 spiro atoms. The van der Waals surface area contributed by atoms with Gasteiger partial charge in [0.1, 0.15) is 5.82 Å². The summed E-state index contributed by atoms with van der Waals surface area (Å²) in [5.41, 5.74) is -0.110. The Labute approximate surface area is 126 Å². The summed E-state index contributed by atoms with van der Waals surface area (Å²) >= 11 is 0. The van der Waals surface area contributed by atoms with Crippen LogP contribution in [-0.4, -0.2) is 38.6 Å². The van der Waals surface area contributed by atoms with Crippen LogP contribution < -0.4 is 0 Å². The molecule has 5 heteroatoms. The van der Waals surface area contributed by atoms with E-state index in [0.29, 0.717) is 17.8 Å². The predicted molar refractivity (Wildman–Crippen MR) is 81.1 cm³/mol. The Hall–Kier alpha value is -1.39. The highest BCUT2D eigenvalue weighted by Gasteiger charge is 2.37. The lowest BCUT2D eigenvalue weighted by Gasteiger charge is -2.28. The van der Waals surface area contributed by atoms with Gasteiger partial charge < -0.3 is 4.90 Å². The molecule has 2 aliphatic rings. The Morgan fingerprint density at radius 3 is 2.52 bits per heavy atom. The summed E-state index contributed by atoms with van der Waals surface area (Å²) < 4.78 is 0. The lowest BCUT2D eigenvalue weighted by atomic mass is 9.96. The zero-order valence-corrected chi connectivity index (χ0v) is 13.4. The highest BCUT2D eigenvalue weighted by atomic mass is 16.2. The minimum absolute atomic E-state index is 0.0103. The van der Waals surface area contributed by atoms with Crippen LogP contribution in [0.5, 0.6) is 0 Å². The van der Waals surface area contributed by atoms with E-state index in [-0.39, 0.29) is 11.3 Å². The highest BCUT2D eigenvalue weighted by Crippen LogP contribution is 2.35. The number of carbonyl (C=O) groups is 1. The monoisotopic (exact) mass is 290 g/mol. The van der Waals surface area contributed by atoms with Crippen LogP contribution in [0.15, 0.2) is 0 Å². The van der Waals surface area contributed by atoms with Gasteiger partial charge in [0, 0.05) is 18.0 Å². The number of rotatable bonds is 2. The second kappa shape index (κ2) is 5.43. The Bertz CT molecular complexity index is 511. The molecule has 1 atom stereocenters. The standard InChI is InChI=1S/C16H26N4O/c1-16(2,3)15-17-13(18-19-15)14(21)20-10-6-9-12(20)11-7-4-5-8-11/h11-12H,4-10H2,1-3H3,(H,17,18,19). The average molecular weight is 290 g/mol. The molecule has 1 saturated heterocycles. The van der Waals surface area contributed by atoms with E-state index >= 15 is 0 Å². The van der Waals surface area contributed by atoms with Gasteiger partial charge >= 0.3 is 0 Å². The topological polar surface area (TPSA) is 61.9 Å². The maximum absolute atomic E-state index is 12.7. The molecule has 1 aliphatic heterocycles. The number of carbonyl (C=O) groups excluding carboxylic acids is 1. The first-order chi connectivity index (χ1) is 9.97. The van der Waals surface area contributed by atoms with Crippen LogP contribution in [0.1, 0.15) is 75.7 Å². The molecule has 5 nitrogen and oxygen atoms in total. The van der Waals surface area contributed by atoms with Crippen molar-refractivity contribution < 1.29 is 4.79 Å². The molecular weight excluding hydrogens is 264 g/mol. The summed E-state index contributed by atoms with van der Waals surface area (Å²) in [5, 5.41) is 7.09. The van der Waals surface area contributed by atoms with Gasteiger partial charge in [-0.2, -0.15) is 0 Å². The molecule has 1 unspecified atom stereocenters. The normalized spacial score (nSPS) is 24.0. The van der Waals surface area contributed by atoms with Crippen molar-refractivity contribution in [1.29, 1.82) is 0 Å². The third-order valence-electron chi connectivity index (χ3n) is 4.89. The van der Waals surface area contributed by atoms with E-state index in [1.54, 1.807) is 0 Å². The summed E-state index contributed by atoms with van der Waals surface area (Å²) in [5.74, 6) is 1.82. The van der Waals surface area contributed by atoms with Crippen LogP contribution in [0.3, 0.4) is 0 Å². The van der Waals surface area contributed by atoms with Crippen molar-refractivity contribution in [3.8, 4) is 0 Å². The van der Waals surface area contributed by atoms with E-state index in [4.69, 9.17) is 0 Å². The van der Waals surface area contributed by atoms with Crippen molar-refractivity contribution in [2.45, 2.75) is 70.8 Å². The summed E-state index contributed by atoms with van der Waals surface area (Å²) in [6, 6.07) is 0.414. The Kier molecular flexibility index (Phi) is 3.76. The second-order valence-electron chi connectivity index (χ2n) is 7.51. The van der Waals surface area contributed by atoms with Gasteiger partial charge in [-0.25, -0.2) is 4.98 Å². The molecule has 1 aliphatic carbocycles. The number of hydrogen-bond donors (Lipinski definition) is 1. The first-order valence-corrected chi connectivity index (χ1v) is 8.20. The lowest BCUT2D eigenvalue weighted by molar-refractivity contribution is 0.0677. The van der Waals surface area contributed by atoms with Crippen molar-refractivity contribution in [1.82, 2.24) is 20.1 Å².